The quantitative estimate of drug-likeness (QED) is 0.867. The highest BCUT2D eigenvalue weighted by Crippen LogP contribution is 2.24. The average Bonchev–Trinajstić information content (AvgIpc) is 2.18. The van der Waals surface area contributed by atoms with Gasteiger partial charge >= 0.3 is 0 Å². The zero-order chi connectivity index (χ0) is 11.4. The molecule has 1 aromatic heterocycles. The van der Waals surface area contributed by atoms with Crippen molar-refractivity contribution in [3.63, 3.8) is 0 Å². The Hall–Kier alpha value is -0.810. The Labute approximate surface area is 99.4 Å². The molecule has 0 saturated carbocycles. The molecule has 3 nitrogen and oxygen atoms in total. The van der Waals surface area contributed by atoms with Crippen molar-refractivity contribution in [2.75, 3.05) is 0 Å². The summed E-state index contributed by atoms with van der Waals surface area (Å²) in [7, 11) is 0. The van der Waals surface area contributed by atoms with Gasteiger partial charge in [0.2, 0.25) is 0 Å². The molecule has 0 aliphatic carbocycles. The topological polar surface area (TPSA) is 62.7 Å². The van der Waals surface area contributed by atoms with Gasteiger partial charge in [0.25, 0.3) is 6.43 Å². The van der Waals surface area contributed by atoms with Crippen molar-refractivity contribution in [1.82, 2.24) is 4.98 Å². The Morgan fingerprint density at radius 1 is 1.60 bits per heavy atom. The molecule has 0 amide bonds. The van der Waals surface area contributed by atoms with Crippen LogP contribution in [0, 0.1) is 14.9 Å². The number of pyridine rings is 1. The summed E-state index contributed by atoms with van der Waals surface area (Å²) in [5, 5.41) is 8.49. The van der Waals surface area contributed by atoms with E-state index < -0.39 is 6.43 Å². The molecule has 6 heteroatoms. The van der Waals surface area contributed by atoms with Crippen molar-refractivity contribution < 1.29 is 8.78 Å². The van der Waals surface area contributed by atoms with E-state index in [0.29, 0.717) is 9.26 Å². The summed E-state index contributed by atoms with van der Waals surface area (Å²) in [5.41, 5.74) is 5.74. The highest BCUT2D eigenvalue weighted by atomic mass is 127. The van der Waals surface area contributed by atoms with E-state index >= 15 is 0 Å². The van der Waals surface area contributed by atoms with Crippen LogP contribution in [0.2, 0.25) is 0 Å². The largest absolute Gasteiger partial charge is 0.325 e. The highest BCUT2D eigenvalue weighted by molar-refractivity contribution is 14.1. The Balaban J connectivity index is 3.26. The second-order valence-electron chi connectivity index (χ2n) is 2.80. The number of aromatic nitrogens is 1. The van der Waals surface area contributed by atoms with Crippen molar-refractivity contribution in [3.8, 4) is 6.07 Å². The first-order valence-corrected chi connectivity index (χ1v) is 5.21. The molecule has 15 heavy (non-hydrogen) atoms. The van der Waals surface area contributed by atoms with Crippen molar-refractivity contribution in [2.45, 2.75) is 19.4 Å². The minimum atomic E-state index is -2.67. The minimum Gasteiger partial charge on any atom is -0.325 e. The molecule has 1 heterocycles. The zero-order valence-electron chi connectivity index (χ0n) is 7.67. The second kappa shape index (κ2) is 5.32. The SMILES string of the molecule is N#CCc1cc(I)c(CN)nc1C(F)F. The van der Waals surface area contributed by atoms with Crippen LogP contribution in [0.4, 0.5) is 8.78 Å². The Kier molecular flexibility index (Phi) is 4.35. The minimum absolute atomic E-state index is 0.0620. The molecule has 0 bridgehead atoms. The first-order valence-electron chi connectivity index (χ1n) is 4.13. The summed E-state index contributed by atoms with van der Waals surface area (Å²) >= 11 is 1.97. The number of halogens is 3. The number of rotatable bonds is 3. The monoisotopic (exact) mass is 323 g/mol. The number of nitrogens with zero attached hydrogens (tertiary/aromatic N) is 2. The third-order valence-corrected chi connectivity index (χ3v) is 2.76. The molecule has 0 spiro atoms. The summed E-state index contributed by atoms with van der Waals surface area (Å²) in [4.78, 5) is 3.78. The van der Waals surface area contributed by atoms with E-state index in [0.717, 1.165) is 0 Å². The van der Waals surface area contributed by atoms with Gasteiger partial charge in [-0.2, -0.15) is 5.26 Å². The van der Waals surface area contributed by atoms with Crippen LogP contribution in [-0.2, 0) is 13.0 Å². The van der Waals surface area contributed by atoms with Gasteiger partial charge in [0.05, 0.1) is 18.2 Å². The van der Waals surface area contributed by atoms with E-state index in [2.05, 4.69) is 4.98 Å². The van der Waals surface area contributed by atoms with E-state index in [9.17, 15) is 8.78 Å². The summed E-state index contributed by atoms with van der Waals surface area (Å²) < 4.78 is 25.9. The normalized spacial score (nSPS) is 10.4. The molecule has 0 aliphatic heterocycles. The van der Waals surface area contributed by atoms with Crippen LogP contribution in [0.3, 0.4) is 0 Å². The van der Waals surface area contributed by atoms with Crippen molar-refractivity contribution >= 4 is 22.6 Å². The van der Waals surface area contributed by atoms with Crippen LogP contribution in [0.25, 0.3) is 0 Å². The van der Waals surface area contributed by atoms with Gasteiger partial charge in [0.15, 0.2) is 0 Å². The first-order chi connectivity index (χ1) is 7.10. The summed E-state index contributed by atoms with van der Waals surface area (Å²) in [6.45, 7) is 0.116. The van der Waals surface area contributed by atoms with Crippen LogP contribution in [0.5, 0.6) is 0 Å². The Morgan fingerprint density at radius 3 is 2.73 bits per heavy atom. The maximum absolute atomic E-state index is 12.6. The summed E-state index contributed by atoms with van der Waals surface area (Å²) in [6.07, 6.45) is -2.73. The number of alkyl halides is 2. The molecule has 80 valence electrons. The van der Waals surface area contributed by atoms with Crippen molar-refractivity contribution in [2.24, 2.45) is 5.73 Å². The fourth-order valence-corrected chi connectivity index (χ4v) is 1.86. The lowest BCUT2D eigenvalue weighted by Gasteiger charge is -2.09. The molecule has 0 atom stereocenters. The van der Waals surface area contributed by atoms with Crippen LogP contribution < -0.4 is 5.73 Å². The van der Waals surface area contributed by atoms with Gasteiger partial charge in [-0.3, -0.25) is 0 Å². The van der Waals surface area contributed by atoms with Crippen molar-refractivity contribution in [1.29, 1.82) is 5.26 Å². The molecular formula is C9H8F2IN3. The standard InChI is InChI=1S/C9H8F2IN3/c10-9(11)8-5(1-2-13)3-6(12)7(4-14)15-8/h3,9H,1,4,14H2. The third-order valence-electron chi connectivity index (χ3n) is 1.83. The van der Waals surface area contributed by atoms with Gasteiger partial charge < -0.3 is 5.73 Å². The van der Waals surface area contributed by atoms with E-state index in [1.807, 2.05) is 28.7 Å². The van der Waals surface area contributed by atoms with Crippen LogP contribution >= 0.6 is 22.6 Å². The van der Waals surface area contributed by atoms with Gasteiger partial charge in [-0.1, -0.05) is 0 Å². The maximum Gasteiger partial charge on any atom is 0.280 e. The molecule has 1 rings (SSSR count). The zero-order valence-corrected chi connectivity index (χ0v) is 9.83. The number of hydrogen-bond donors (Lipinski definition) is 1. The van der Waals surface area contributed by atoms with Crippen LogP contribution in [0.1, 0.15) is 23.4 Å². The van der Waals surface area contributed by atoms with Gasteiger partial charge in [0.1, 0.15) is 5.69 Å². The molecule has 0 aliphatic rings. The molecule has 0 radical (unpaired) electrons. The number of hydrogen-bond acceptors (Lipinski definition) is 3. The highest BCUT2D eigenvalue weighted by Gasteiger charge is 2.17. The smallest absolute Gasteiger partial charge is 0.280 e. The van der Waals surface area contributed by atoms with E-state index in [1.54, 1.807) is 6.07 Å². The van der Waals surface area contributed by atoms with Gasteiger partial charge in [-0.25, -0.2) is 13.8 Å². The van der Waals surface area contributed by atoms with E-state index in [-0.39, 0.29) is 24.2 Å². The van der Waals surface area contributed by atoms with Crippen LogP contribution in [0.15, 0.2) is 6.07 Å². The summed E-state index contributed by atoms with van der Waals surface area (Å²) in [5.74, 6) is 0. The fraction of sp³-hybridized carbons (Fsp3) is 0.333. The molecule has 0 aromatic carbocycles. The molecular weight excluding hydrogens is 315 g/mol. The maximum atomic E-state index is 12.6. The average molecular weight is 323 g/mol. The Morgan fingerprint density at radius 2 is 2.27 bits per heavy atom. The lowest BCUT2D eigenvalue weighted by atomic mass is 10.1. The summed E-state index contributed by atoms with van der Waals surface area (Å²) in [6, 6.07) is 3.38. The predicted molar refractivity (Wildman–Crippen MR) is 59.1 cm³/mol. The van der Waals surface area contributed by atoms with Crippen molar-refractivity contribution in [3.05, 3.63) is 26.6 Å². The fourth-order valence-electron chi connectivity index (χ4n) is 1.14. The predicted octanol–water partition coefficient (Wildman–Crippen LogP) is 2.15. The van der Waals surface area contributed by atoms with E-state index in [1.165, 1.54) is 0 Å². The third kappa shape index (κ3) is 2.82. The van der Waals surface area contributed by atoms with E-state index in [4.69, 9.17) is 11.0 Å². The first kappa shape index (κ1) is 12.3. The molecule has 2 N–H and O–H groups in total. The van der Waals surface area contributed by atoms with Crippen LogP contribution in [-0.4, -0.2) is 4.98 Å². The van der Waals surface area contributed by atoms with Gasteiger partial charge in [0, 0.05) is 10.1 Å². The van der Waals surface area contributed by atoms with Gasteiger partial charge in [-0.15, -0.1) is 0 Å². The number of nitriles is 1. The lowest BCUT2D eigenvalue weighted by molar-refractivity contribution is 0.144. The second-order valence-corrected chi connectivity index (χ2v) is 3.96. The molecule has 0 unspecified atom stereocenters. The van der Waals surface area contributed by atoms with Gasteiger partial charge in [-0.05, 0) is 34.2 Å². The molecule has 0 saturated heterocycles. The molecule has 1 aromatic rings. The molecule has 0 fully saturated rings. The Bertz CT molecular complexity index is 401. The number of nitrogens with two attached hydrogens (primary N) is 1. The lowest BCUT2D eigenvalue weighted by Crippen LogP contribution is -2.08.